The van der Waals surface area contributed by atoms with Gasteiger partial charge >= 0.3 is 6.18 Å². The number of halogens is 6. The first-order chi connectivity index (χ1) is 7.27. The lowest BCUT2D eigenvalue weighted by Gasteiger charge is -2.15. The van der Waals surface area contributed by atoms with Crippen LogP contribution in [0.25, 0.3) is 0 Å². The van der Waals surface area contributed by atoms with Gasteiger partial charge in [0, 0.05) is 0 Å². The molecule has 1 aromatic rings. The highest BCUT2D eigenvalue weighted by Gasteiger charge is 2.39. The zero-order valence-corrected chi connectivity index (χ0v) is 9.49. The molecule has 0 aromatic heterocycles. The minimum absolute atomic E-state index is 0.552. The third-order valence-corrected chi connectivity index (χ3v) is 2.85. The van der Waals surface area contributed by atoms with E-state index >= 15 is 0 Å². The molecule has 1 rings (SSSR count). The quantitative estimate of drug-likeness (QED) is 0.593. The van der Waals surface area contributed by atoms with Crippen LogP contribution in [-0.4, -0.2) is 13.3 Å². The molecular formula is C9H6BrF5O. The number of ether oxygens (including phenoxy) is 1. The summed E-state index contributed by atoms with van der Waals surface area (Å²) in [4.78, 5) is -2.12. The molecule has 0 saturated carbocycles. The summed E-state index contributed by atoms with van der Waals surface area (Å²) in [6.45, 7) is 0. The van der Waals surface area contributed by atoms with E-state index in [1.54, 1.807) is 0 Å². The normalized spacial score (nSPS) is 13.7. The second-order valence-corrected chi connectivity index (χ2v) is 3.84. The molecule has 0 aliphatic rings. The zero-order chi connectivity index (χ0) is 12.5. The van der Waals surface area contributed by atoms with Gasteiger partial charge in [-0.3, -0.25) is 0 Å². The molecular weight excluding hydrogens is 299 g/mol. The zero-order valence-electron chi connectivity index (χ0n) is 7.91. The van der Waals surface area contributed by atoms with Crippen molar-refractivity contribution in [3.05, 3.63) is 29.3 Å². The van der Waals surface area contributed by atoms with E-state index in [2.05, 4.69) is 20.7 Å². The van der Waals surface area contributed by atoms with E-state index in [9.17, 15) is 22.0 Å². The van der Waals surface area contributed by atoms with Crippen molar-refractivity contribution in [2.24, 2.45) is 0 Å². The fraction of sp³-hybridized carbons (Fsp3) is 0.333. The molecule has 0 aliphatic carbocycles. The lowest BCUT2D eigenvalue weighted by Crippen LogP contribution is -2.15. The molecule has 16 heavy (non-hydrogen) atoms. The highest BCUT2D eigenvalue weighted by molar-refractivity contribution is 9.09. The second-order valence-electron chi connectivity index (χ2n) is 2.92. The third kappa shape index (κ3) is 2.63. The van der Waals surface area contributed by atoms with E-state index in [-0.39, 0.29) is 0 Å². The van der Waals surface area contributed by atoms with Crippen LogP contribution in [0.15, 0.2) is 12.1 Å². The maximum Gasteiger partial charge on any atom is 0.405 e. The van der Waals surface area contributed by atoms with Crippen LogP contribution in [0.4, 0.5) is 22.0 Å². The SMILES string of the molecule is COc1c(F)cc(C(Br)C(F)(F)F)cc1F. The van der Waals surface area contributed by atoms with Crippen LogP contribution in [0.5, 0.6) is 5.75 Å². The van der Waals surface area contributed by atoms with Gasteiger partial charge in [0.25, 0.3) is 0 Å². The monoisotopic (exact) mass is 304 g/mol. The minimum Gasteiger partial charge on any atom is -0.491 e. The highest BCUT2D eigenvalue weighted by Crippen LogP contribution is 2.41. The topological polar surface area (TPSA) is 9.23 Å². The van der Waals surface area contributed by atoms with Gasteiger partial charge < -0.3 is 4.74 Å². The predicted molar refractivity (Wildman–Crippen MR) is 50.6 cm³/mol. The summed E-state index contributed by atoms with van der Waals surface area (Å²) in [5.41, 5.74) is -0.552. The van der Waals surface area contributed by atoms with Crippen LogP contribution >= 0.6 is 15.9 Å². The Hall–Kier alpha value is -0.850. The first-order valence-corrected chi connectivity index (χ1v) is 4.92. The summed E-state index contributed by atoms with van der Waals surface area (Å²) < 4.78 is 67.3. The summed E-state index contributed by atoms with van der Waals surface area (Å²) in [6, 6.07) is 1.16. The molecule has 0 heterocycles. The van der Waals surface area contributed by atoms with Crippen LogP contribution in [0.1, 0.15) is 10.4 Å². The number of hydrogen-bond acceptors (Lipinski definition) is 1. The van der Waals surface area contributed by atoms with Gasteiger partial charge in [0.1, 0.15) is 4.83 Å². The molecule has 7 heteroatoms. The van der Waals surface area contributed by atoms with Crippen molar-refractivity contribution in [3.8, 4) is 5.75 Å². The van der Waals surface area contributed by atoms with Crippen molar-refractivity contribution in [3.63, 3.8) is 0 Å². The Labute approximate surface area is 96.3 Å². The summed E-state index contributed by atoms with van der Waals surface area (Å²) in [5, 5.41) is 0. The fourth-order valence-corrected chi connectivity index (χ4v) is 1.37. The van der Waals surface area contributed by atoms with Gasteiger partial charge in [0.05, 0.1) is 7.11 Å². The Morgan fingerprint density at radius 2 is 1.62 bits per heavy atom. The maximum atomic E-state index is 13.1. The van der Waals surface area contributed by atoms with Crippen LogP contribution in [-0.2, 0) is 0 Å². The van der Waals surface area contributed by atoms with Crippen molar-refractivity contribution in [1.82, 2.24) is 0 Å². The number of alkyl halides is 4. The molecule has 0 spiro atoms. The molecule has 0 bridgehead atoms. The Bertz CT molecular complexity index is 367. The number of benzene rings is 1. The average Bonchev–Trinajstić information content (AvgIpc) is 2.14. The largest absolute Gasteiger partial charge is 0.491 e. The Balaban J connectivity index is 3.19. The van der Waals surface area contributed by atoms with Gasteiger partial charge in [0.15, 0.2) is 17.4 Å². The number of methoxy groups -OCH3 is 1. The van der Waals surface area contributed by atoms with E-state index in [1.807, 2.05) is 0 Å². The number of hydrogen-bond donors (Lipinski definition) is 0. The van der Waals surface area contributed by atoms with Gasteiger partial charge in [-0.15, -0.1) is 0 Å². The van der Waals surface area contributed by atoms with Crippen molar-refractivity contribution in [1.29, 1.82) is 0 Å². The first-order valence-electron chi connectivity index (χ1n) is 4.01. The third-order valence-electron chi connectivity index (χ3n) is 1.80. The fourth-order valence-electron chi connectivity index (χ4n) is 1.11. The molecule has 1 aromatic carbocycles. The van der Waals surface area contributed by atoms with E-state index in [0.717, 1.165) is 7.11 Å². The number of rotatable bonds is 2. The maximum absolute atomic E-state index is 13.1. The molecule has 1 unspecified atom stereocenters. The molecule has 0 N–H and O–H groups in total. The van der Waals surface area contributed by atoms with Crippen LogP contribution in [0, 0.1) is 11.6 Å². The van der Waals surface area contributed by atoms with E-state index in [4.69, 9.17) is 0 Å². The molecule has 0 amide bonds. The molecule has 1 atom stereocenters. The van der Waals surface area contributed by atoms with Gasteiger partial charge in [-0.2, -0.15) is 13.2 Å². The molecule has 0 aliphatic heterocycles. The van der Waals surface area contributed by atoms with Crippen LogP contribution in [0.2, 0.25) is 0 Å². The Morgan fingerprint density at radius 1 is 1.19 bits per heavy atom. The van der Waals surface area contributed by atoms with Crippen molar-refractivity contribution >= 4 is 15.9 Å². The van der Waals surface area contributed by atoms with Gasteiger partial charge in [-0.25, -0.2) is 8.78 Å². The molecule has 1 nitrogen and oxygen atoms in total. The molecule has 90 valence electrons. The van der Waals surface area contributed by atoms with Crippen molar-refractivity contribution in [2.75, 3.05) is 7.11 Å². The molecule has 0 saturated heterocycles. The van der Waals surface area contributed by atoms with Crippen molar-refractivity contribution < 1.29 is 26.7 Å². The Morgan fingerprint density at radius 3 is 1.94 bits per heavy atom. The van der Waals surface area contributed by atoms with E-state index < -0.39 is 34.0 Å². The van der Waals surface area contributed by atoms with E-state index in [0.29, 0.717) is 12.1 Å². The van der Waals surface area contributed by atoms with Crippen molar-refractivity contribution in [2.45, 2.75) is 11.0 Å². The lowest BCUT2D eigenvalue weighted by atomic mass is 10.1. The standard InChI is InChI=1S/C9H6BrF5O/c1-16-7-5(11)2-4(3-6(7)12)8(10)9(13,14)15/h2-3,8H,1H3. The minimum atomic E-state index is -4.62. The summed E-state index contributed by atoms with van der Waals surface area (Å²) in [5.74, 6) is -3.05. The van der Waals surface area contributed by atoms with Crippen LogP contribution < -0.4 is 4.74 Å². The van der Waals surface area contributed by atoms with Gasteiger partial charge in [-0.05, 0) is 17.7 Å². The first kappa shape index (κ1) is 13.2. The summed E-state index contributed by atoms with van der Waals surface area (Å²) in [7, 11) is 1.02. The smallest absolute Gasteiger partial charge is 0.405 e. The highest BCUT2D eigenvalue weighted by atomic mass is 79.9. The van der Waals surface area contributed by atoms with E-state index in [1.165, 1.54) is 0 Å². The van der Waals surface area contributed by atoms with Gasteiger partial charge in [0.2, 0.25) is 0 Å². The lowest BCUT2D eigenvalue weighted by molar-refractivity contribution is -0.128. The van der Waals surface area contributed by atoms with Crippen LogP contribution in [0.3, 0.4) is 0 Å². The molecule has 0 radical (unpaired) electrons. The second kappa shape index (κ2) is 4.57. The average molecular weight is 305 g/mol. The summed E-state index contributed by atoms with van der Waals surface area (Å²) in [6.07, 6.45) is -4.62. The summed E-state index contributed by atoms with van der Waals surface area (Å²) >= 11 is 2.32. The predicted octanol–water partition coefficient (Wildman–Crippen LogP) is 3.97. The van der Waals surface area contributed by atoms with Gasteiger partial charge in [-0.1, -0.05) is 15.9 Å². The Kier molecular flexibility index (Phi) is 3.77. The molecule has 0 fully saturated rings.